The second-order valence-electron chi connectivity index (χ2n) is 6.63. The van der Waals surface area contributed by atoms with Crippen LogP contribution in [0, 0.1) is 19.8 Å². The molecular formula is C17H26N2O3S. The zero-order valence-electron chi connectivity index (χ0n) is 14.4. The van der Waals surface area contributed by atoms with E-state index in [1.807, 2.05) is 26.0 Å². The number of aryl methyl sites for hydroxylation is 2. The number of carbonyl (C=O) groups excluding carboxylic acids is 1. The predicted octanol–water partition coefficient (Wildman–Crippen LogP) is 2.33. The largest absolute Gasteiger partial charge is 0.341 e. The summed E-state index contributed by atoms with van der Waals surface area (Å²) in [6.45, 7) is 7.33. The minimum atomic E-state index is -3.51. The second kappa shape index (κ2) is 6.91. The molecule has 0 unspecified atom stereocenters. The van der Waals surface area contributed by atoms with Crippen molar-refractivity contribution in [2.75, 3.05) is 30.2 Å². The molecule has 2 rings (SSSR count). The molecule has 1 saturated heterocycles. The van der Waals surface area contributed by atoms with Crippen LogP contribution in [0.5, 0.6) is 0 Å². The third-order valence-electron chi connectivity index (χ3n) is 4.47. The number of hydrogen-bond acceptors (Lipinski definition) is 3. The molecule has 1 aromatic rings. The minimum Gasteiger partial charge on any atom is -0.341 e. The maximum absolute atomic E-state index is 12.5. The van der Waals surface area contributed by atoms with Gasteiger partial charge in [-0.3, -0.25) is 9.10 Å². The average Bonchev–Trinajstić information content (AvgIpc) is 2.46. The molecule has 0 N–H and O–H groups in total. The van der Waals surface area contributed by atoms with Crippen molar-refractivity contribution in [2.45, 2.75) is 33.6 Å². The van der Waals surface area contributed by atoms with Crippen LogP contribution in [-0.4, -0.2) is 45.1 Å². The van der Waals surface area contributed by atoms with Gasteiger partial charge in [0.25, 0.3) is 0 Å². The van der Waals surface area contributed by atoms with Crippen LogP contribution in [0.1, 0.15) is 30.9 Å². The van der Waals surface area contributed by atoms with Crippen LogP contribution in [0.2, 0.25) is 0 Å². The van der Waals surface area contributed by atoms with Crippen LogP contribution in [0.25, 0.3) is 0 Å². The van der Waals surface area contributed by atoms with E-state index in [1.165, 1.54) is 4.31 Å². The van der Waals surface area contributed by atoms with Gasteiger partial charge >= 0.3 is 0 Å². The monoisotopic (exact) mass is 338 g/mol. The van der Waals surface area contributed by atoms with Crippen molar-refractivity contribution in [3.8, 4) is 0 Å². The number of carbonyl (C=O) groups is 1. The molecule has 128 valence electrons. The third kappa shape index (κ3) is 4.47. The van der Waals surface area contributed by atoms with E-state index in [1.54, 1.807) is 11.0 Å². The Morgan fingerprint density at radius 3 is 2.57 bits per heavy atom. The lowest BCUT2D eigenvalue weighted by Gasteiger charge is -2.33. The molecule has 1 heterocycles. The van der Waals surface area contributed by atoms with Gasteiger partial charge in [-0.25, -0.2) is 8.42 Å². The van der Waals surface area contributed by atoms with E-state index in [4.69, 9.17) is 0 Å². The zero-order valence-corrected chi connectivity index (χ0v) is 15.2. The number of hydrogen-bond donors (Lipinski definition) is 0. The van der Waals surface area contributed by atoms with E-state index in [0.717, 1.165) is 30.2 Å². The number of amides is 1. The van der Waals surface area contributed by atoms with Crippen molar-refractivity contribution in [2.24, 2.45) is 5.92 Å². The predicted molar refractivity (Wildman–Crippen MR) is 93.1 cm³/mol. The zero-order chi connectivity index (χ0) is 17.2. The van der Waals surface area contributed by atoms with Crippen molar-refractivity contribution in [1.82, 2.24) is 4.90 Å². The summed E-state index contributed by atoms with van der Waals surface area (Å²) in [5, 5.41) is 0. The molecule has 1 aromatic carbocycles. The van der Waals surface area contributed by atoms with Crippen LogP contribution in [0.4, 0.5) is 5.69 Å². The van der Waals surface area contributed by atoms with Crippen molar-refractivity contribution >= 4 is 21.6 Å². The smallest absolute Gasteiger partial charge is 0.243 e. The Bertz CT molecular complexity index is 685. The van der Waals surface area contributed by atoms with Crippen LogP contribution >= 0.6 is 0 Å². The third-order valence-corrected chi connectivity index (χ3v) is 5.61. The van der Waals surface area contributed by atoms with E-state index >= 15 is 0 Å². The molecule has 0 radical (unpaired) electrons. The Morgan fingerprint density at radius 1 is 1.30 bits per heavy atom. The number of likely N-dealkylation sites (tertiary alicyclic amines) is 1. The summed E-state index contributed by atoms with van der Waals surface area (Å²) in [5.74, 6) is 0.348. The van der Waals surface area contributed by atoms with Crippen molar-refractivity contribution in [3.05, 3.63) is 29.3 Å². The van der Waals surface area contributed by atoms with Gasteiger partial charge in [0.15, 0.2) is 0 Å². The molecule has 1 fully saturated rings. The Labute approximate surface area is 139 Å². The van der Waals surface area contributed by atoms with E-state index in [-0.39, 0.29) is 12.5 Å². The highest BCUT2D eigenvalue weighted by atomic mass is 32.2. The van der Waals surface area contributed by atoms with Gasteiger partial charge in [-0.15, -0.1) is 0 Å². The highest BCUT2D eigenvalue weighted by molar-refractivity contribution is 7.92. The first-order valence-electron chi connectivity index (χ1n) is 8.01. The molecule has 23 heavy (non-hydrogen) atoms. The normalized spacial score (nSPS) is 18.8. The van der Waals surface area contributed by atoms with E-state index in [0.29, 0.717) is 24.7 Å². The average molecular weight is 338 g/mol. The van der Waals surface area contributed by atoms with Gasteiger partial charge in [0.1, 0.15) is 6.54 Å². The topological polar surface area (TPSA) is 57.7 Å². The SMILES string of the molecule is Cc1ccc(N(CC(=O)N2CCC[C@@H](C)C2)S(C)(=O)=O)cc1C. The fourth-order valence-electron chi connectivity index (χ4n) is 2.92. The molecule has 6 heteroatoms. The summed E-state index contributed by atoms with van der Waals surface area (Å²) in [6, 6.07) is 5.47. The highest BCUT2D eigenvalue weighted by Gasteiger charge is 2.26. The van der Waals surface area contributed by atoms with Gasteiger partial charge in [-0.1, -0.05) is 13.0 Å². The lowest BCUT2D eigenvalue weighted by molar-refractivity contribution is -0.131. The van der Waals surface area contributed by atoms with Crippen LogP contribution < -0.4 is 4.31 Å². The van der Waals surface area contributed by atoms with Crippen molar-refractivity contribution in [3.63, 3.8) is 0 Å². The summed E-state index contributed by atoms with van der Waals surface area (Å²) >= 11 is 0. The second-order valence-corrected chi connectivity index (χ2v) is 8.53. The van der Waals surface area contributed by atoms with Gasteiger partial charge in [-0.05, 0) is 55.9 Å². The first-order valence-corrected chi connectivity index (χ1v) is 9.86. The van der Waals surface area contributed by atoms with E-state index in [9.17, 15) is 13.2 Å². The fraction of sp³-hybridized carbons (Fsp3) is 0.588. The highest BCUT2D eigenvalue weighted by Crippen LogP contribution is 2.22. The lowest BCUT2D eigenvalue weighted by Crippen LogP contribution is -2.46. The molecule has 0 bridgehead atoms. The Kier molecular flexibility index (Phi) is 5.34. The van der Waals surface area contributed by atoms with Gasteiger partial charge in [-0.2, -0.15) is 0 Å². The summed E-state index contributed by atoms with van der Waals surface area (Å²) in [6.07, 6.45) is 3.25. The van der Waals surface area contributed by atoms with E-state index < -0.39 is 10.0 Å². The van der Waals surface area contributed by atoms with E-state index in [2.05, 4.69) is 6.92 Å². The number of anilines is 1. The molecule has 0 aromatic heterocycles. The summed E-state index contributed by atoms with van der Waals surface area (Å²) < 4.78 is 25.5. The number of sulfonamides is 1. The van der Waals surface area contributed by atoms with Gasteiger partial charge < -0.3 is 4.90 Å². The first kappa shape index (κ1) is 17.8. The van der Waals surface area contributed by atoms with Crippen LogP contribution in [0.15, 0.2) is 18.2 Å². The van der Waals surface area contributed by atoms with Crippen molar-refractivity contribution < 1.29 is 13.2 Å². The quantitative estimate of drug-likeness (QED) is 0.846. The summed E-state index contributed by atoms with van der Waals surface area (Å²) in [5.41, 5.74) is 2.66. The molecule has 5 nitrogen and oxygen atoms in total. The lowest BCUT2D eigenvalue weighted by atomic mass is 10.0. The summed E-state index contributed by atoms with van der Waals surface area (Å²) in [4.78, 5) is 14.3. The number of nitrogens with zero attached hydrogens (tertiary/aromatic N) is 2. The van der Waals surface area contributed by atoms with Gasteiger partial charge in [0.05, 0.1) is 11.9 Å². The van der Waals surface area contributed by atoms with Gasteiger partial charge in [0, 0.05) is 13.1 Å². The first-order chi connectivity index (χ1) is 10.7. The molecule has 0 spiro atoms. The molecule has 1 amide bonds. The van der Waals surface area contributed by atoms with Crippen LogP contribution in [0.3, 0.4) is 0 Å². The maximum atomic E-state index is 12.5. The molecule has 1 atom stereocenters. The Balaban J connectivity index is 2.22. The van der Waals surface area contributed by atoms with Crippen LogP contribution in [-0.2, 0) is 14.8 Å². The minimum absolute atomic E-state index is 0.125. The molecular weight excluding hydrogens is 312 g/mol. The molecule has 1 aliphatic heterocycles. The number of rotatable bonds is 4. The standard InChI is InChI=1S/C17H26N2O3S/c1-13-6-5-9-18(11-13)17(20)12-19(23(4,21)22)16-8-7-14(2)15(3)10-16/h7-8,10,13H,5-6,9,11-12H2,1-4H3/t13-/m1/s1. The Morgan fingerprint density at radius 2 is 2.00 bits per heavy atom. The fourth-order valence-corrected chi connectivity index (χ4v) is 3.76. The van der Waals surface area contributed by atoms with Crippen molar-refractivity contribution in [1.29, 1.82) is 0 Å². The maximum Gasteiger partial charge on any atom is 0.243 e. The number of piperidine rings is 1. The Hall–Kier alpha value is -1.56. The molecule has 0 aliphatic carbocycles. The molecule has 1 aliphatic rings. The van der Waals surface area contributed by atoms with Gasteiger partial charge in [0.2, 0.25) is 15.9 Å². The molecule has 0 saturated carbocycles. The number of benzene rings is 1. The summed E-state index contributed by atoms with van der Waals surface area (Å²) in [7, 11) is -3.51.